The van der Waals surface area contributed by atoms with Crippen molar-refractivity contribution in [3.8, 4) is 0 Å². The molecule has 0 radical (unpaired) electrons. The van der Waals surface area contributed by atoms with Gasteiger partial charge in [-0.25, -0.2) is 15.0 Å². The second-order valence-corrected chi connectivity index (χ2v) is 12.5. The van der Waals surface area contributed by atoms with Crippen LogP contribution < -0.4 is 10.2 Å². The molecule has 0 bridgehead atoms. The van der Waals surface area contributed by atoms with Gasteiger partial charge in [0.05, 0.1) is 30.1 Å². The quantitative estimate of drug-likeness (QED) is 0.276. The molecule has 3 atom stereocenters. The van der Waals surface area contributed by atoms with Crippen LogP contribution in [0, 0.1) is 0 Å². The van der Waals surface area contributed by atoms with Crippen LogP contribution in [0.3, 0.4) is 0 Å². The van der Waals surface area contributed by atoms with E-state index in [9.17, 15) is 9.59 Å². The van der Waals surface area contributed by atoms with E-state index in [0.29, 0.717) is 54.9 Å². The summed E-state index contributed by atoms with van der Waals surface area (Å²) in [6, 6.07) is 8.21. The van der Waals surface area contributed by atoms with Crippen LogP contribution in [0.25, 0.3) is 22.1 Å². The molecule has 13 nitrogen and oxygen atoms in total. The number of hydrogen-bond donors (Lipinski definition) is 2. The highest BCUT2D eigenvalue weighted by molar-refractivity contribution is 6.22. The molecule has 6 rings (SSSR count). The van der Waals surface area contributed by atoms with Crippen molar-refractivity contribution in [2.45, 2.75) is 70.0 Å². The molecule has 2 aromatic heterocycles. The lowest BCUT2D eigenvalue weighted by molar-refractivity contribution is -0.134. The third-order valence-corrected chi connectivity index (χ3v) is 9.15. The van der Waals surface area contributed by atoms with E-state index in [1.54, 1.807) is 20.0 Å². The Balaban J connectivity index is 0.00000107. The van der Waals surface area contributed by atoms with E-state index < -0.39 is 5.97 Å². The van der Waals surface area contributed by atoms with Gasteiger partial charge in [0.25, 0.3) is 12.0 Å². The van der Waals surface area contributed by atoms with Crippen molar-refractivity contribution in [3.05, 3.63) is 54.5 Å². The van der Waals surface area contributed by atoms with E-state index in [1.165, 1.54) is 0 Å². The lowest BCUT2D eigenvalue weighted by Gasteiger charge is -2.41. The molecule has 2 N–H and O–H groups in total. The number of carbonyl (C=O) groups is 3. The molecule has 2 amide bonds. The summed E-state index contributed by atoms with van der Waals surface area (Å²) in [5.74, 6) is 0.183. The number of carboxylic acid groups (broad SMARTS) is 1. The Bertz CT molecular complexity index is 1740. The number of aliphatic imine (C=N–C) groups is 1. The third-order valence-electron chi connectivity index (χ3n) is 8.74. The minimum Gasteiger partial charge on any atom is -0.481 e. The van der Waals surface area contributed by atoms with Crippen molar-refractivity contribution in [3.63, 3.8) is 0 Å². The minimum absolute atomic E-state index is 0.0668. The molecule has 3 aliphatic heterocycles. The van der Waals surface area contributed by atoms with E-state index in [2.05, 4.69) is 21.7 Å². The number of halogens is 1. The van der Waals surface area contributed by atoms with Crippen molar-refractivity contribution in [1.82, 2.24) is 25.1 Å². The van der Waals surface area contributed by atoms with Crippen LogP contribution in [0.2, 0.25) is 0 Å². The summed E-state index contributed by atoms with van der Waals surface area (Å²) in [7, 11) is 1.60. The summed E-state index contributed by atoms with van der Waals surface area (Å²) < 4.78 is 12.9. The van der Waals surface area contributed by atoms with Gasteiger partial charge in [0.1, 0.15) is 23.0 Å². The first kappa shape index (κ1) is 34.7. The van der Waals surface area contributed by atoms with Gasteiger partial charge in [-0.1, -0.05) is 24.3 Å². The number of likely N-dealkylation sites (N-methyl/N-ethyl adjacent to an activating group) is 1. The number of allylic oxidation sites excluding steroid dienone is 1. The standard InChI is InChI=1S/C32H38ClN7O4.C2H4O2/c1-5-23(33)29-24(6-2)35-32(40(29)20-11-14-38(15-12-20)19(3)41)43-21-13-16-39(18-21)31-30-28(22-9-7-8-10-25(22)44-30)36-26(37-31)17-27(42)34-4;1-2(3)4/h5-10,20-21,23,29H,1,11-18H2,2-4H3,(H,34,42);1H3,(H,3,4)/b24-6+;/t21-,23?,29?;/m0./s1. The zero-order valence-electron chi connectivity index (χ0n) is 27.7. The predicted octanol–water partition coefficient (Wildman–Crippen LogP) is 4.10. The maximum Gasteiger partial charge on any atom is 0.300 e. The number of piperidine rings is 1. The number of aromatic nitrogens is 2. The van der Waals surface area contributed by atoms with Gasteiger partial charge in [0.2, 0.25) is 11.8 Å². The zero-order chi connectivity index (χ0) is 34.5. The van der Waals surface area contributed by atoms with Crippen molar-refractivity contribution >= 4 is 63.3 Å². The number of carboxylic acids is 1. The summed E-state index contributed by atoms with van der Waals surface area (Å²) >= 11 is 6.82. The summed E-state index contributed by atoms with van der Waals surface area (Å²) in [4.78, 5) is 53.9. The van der Waals surface area contributed by atoms with Gasteiger partial charge in [0, 0.05) is 58.4 Å². The van der Waals surface area contributed by atoms with Crippen LogP contribution in [0.15, 0.2) is 58.1 Å². The maximum atomic E-state index is 12.3. The highest BCUT2D eigenvalue weighted by atomic mass is 35.5. The van der Waals surface area contributed by atoms with Gasteiger partial charge in [-0.3, -0.25) is 14.4 Å². The number of furan rings is 1. The highest BCUT2D eigenvalue weighted by Crippen LogP contribution is 2.37. The normalized spacial score (nSPS) is 21.2. The number of anilines is 1. The molecule has 48 heavy (non-hydrogen) atoms. The smallest absolute Gasteiger partial charge is 0.300 e. The summed E-state index contributed by atoms with van der Waals surface area (Å²) in [6.07, 6.45) is 5.96. The number of benzene rings is 1. The number of nitrogens with one attached hydrogen (secondary N) is 1. The SMILES string of the molecule is C=CC(Cl)C1/C(=C\C)N=C(O[C@H]2CCN(c3nc(CC(=O)NC)nc4c3oc3ccccc34)C2)N1C1CCN(C(C)=O)CC1.CC(=O)O. The topological polar surface area (TPSA) is 154 Å². The predicted molar refractivity (Wildman–Crippen MR) is 184 cm³/mol. The summed E-state index contributed by atoms with van der Waals surface area (Å²) in [6.45, 7) is 11.2. The number of alkyl halides is 1. The summed E-state index contributed by atoms with van der Waals surface area (Å²) in [5.41, 5.74) is 2.85. The van der Waals surface area contributed by atoms with E-state index in [-0.39, 0.29) is 41.8 Å². The number of rotatable bonds is 7. The molecule has 256 valence electrons. The lowest BCUT2D eigenvalue weighted by Crippen LogP contribution is -2.53. The van der Waals surface area contributed by atoms with E-state index in [4.69, 9.17) is 45.6 Å². The molecular formula is C34H42ClN7O6. The average Bonchev–Trinajstić information content (AvgIpc) is 3.79. The highest BCUT2D eigenvalue weighted by Gasteiger charge is 2.43. The Kier molecular flexibility index (Phi) is 10.9. The van der Waals surface area contributed by atoms with Crippen molar-refractivity contribution in [2.24, 2.45) is 4.99 Å². The fraction of sp³-hybridized carbons (Fsp3) is 0.471. The summed E-state index contributed by atoms with van der Waals surface area (Å²) in [5, 5.41) is 10.6. The van der Waals surface area contributed by atoms with E-state index in [0.717, 1.165) is 42.9 Å². The zero-order valence-corrected chi connectivity index (χ0v) is 28.4. The fourth-order valence-corrected chi connectivity index (χ4v) is 6.67. The molecule has 2 unspecified atom stereocenters. The Morgan fingerprint density at radius 1 is 1.17 bits per heavy atom. The molecule has 0 spiro atoms. The van der Waals surface area contributed by atoms with E-state index >= 15 is 0 Å². The van der Waals surface area contributed by atoms with Crippen molar-refractivity contribution in [2.75, 3.05) is 38.1 Å². The average molecular weight is 680 g/mol. The van der Waals surface area contributed by atoms with Gasteiger partial charge in [-0.15, -0.1) is 18.2 Å². The monoisotopic (exact) mass is 679 g/mol. The number of aliphatic carboxylic acids is 1. The molecule has 14 heteroatoms. The maximum absolute atomic E-state index is 12.3. The number of carbonyl (C=O) groups excluding carboxylic acids is 2. The first-order valence-corrected chi connectivity index (χ1v) is 16.5. The van der Waals surface area contributed by atoms with Gasteiger partial charge in [-0.2, -0.15) is 0 Å². The Morgan fingerprint density at radius 3 is 2.52 bits per heavy atom. The van der Waals surface area contributed by atoms with Gasteiger partial charge < -0.3 is 34.3 Å². The van der Waals surface area contributed by atoms with Gasteiger partial charge in [0.15, 0.2) is 11.4 Å². The molecule has 3 aromatic rings. The van der Waals surface area contributed by atoms with Crippen LogP contribution in [-0.4, -0.2) is 105 Å². The van der Waals surface area contributed by atoms with Crippen LogP contribution in [0.4, 0.5) is 5.82 Å². The third kappa shape index (κ3) is 7.40. The van der Waals surface area contributed by atoms with Crippen molar-refractivity contribution in [1.29, 1.82) is 0 Å². The van der Waals surface area contributed by atoms with Crippen LogP contribution >= 0.6 is 11.6 Å². The molecule has 3 aliphatic rings. The van der Waals surface area contributed by atoms with Gasteiger partial charge >= 0.3 is 0 Å². The number of amidine groups is 1. The molecule has 1 aromatic carbocycles. The molecule has 5 heterocycles. The number of fused-ring (bicyclic) bond motifs is 3. The first-order chi connectivity index (χ1) is 23.0. The molecule has 0 aliphatic carbocycles. The van der Waals surface area contributed by atoms with Crippen LogP contribution in [0.5, 0.6) is 0 Å². The Morgan fingerprint density at radius 2 is 1.88 bits per heavy atom. The molecule has 0 saturated carbocycles. The number of amides is 2. The first-order valence-electron chi connectivity index (χ1n) is 16.1. The minimum atomic E-state index is -0.833. The number of hydrogen-bond acceptors (Lipinski definition) is 10. The van der Waals surface area contributed by atoms with Gasteiger partial charge in [-0.05, 0) is 31.9 Å². The number of likely N-dealkylation sites (tertiary alicyclic amines) is 1. The lowest BCUT2D eigenvalue weighted by atomic mass is 9.99. The fourth-order valence-electron chi connectivity index (χ4n) is 6.42. The Hall–Kier alpha value is -4.65. The number of ether oxygens (including phenoxy) is 1. The Labute approximate surface area is 284 Å². The second-order valence-electron chi connectivity index (χ2n) is 12.0. The molecule has 2 saturated heterocycles. The van der Waals surface area contributed by atoms with Crippen LogP contribution in [-0.2, 0) is 25.5 Å². The van der Waals surface area contributed by atoms with Crippen molar-refractivity contribution < 1.29 is 28.6 Å². The van der Waals surface area contributed by atoms with Crippen LogP contribution in [0.1, 0.15) is 45.9 Å². The number of nitrogens with zero attached hydrogens (tertiary/aromatic N) is 6. The second kappa shape index (κ2) is 15.1. The molecule has 2 fully saturated rings. The largest absolute Gasteiger partial charge is 0.481 e. The molecular weight excluding hydrogens is 638 g/mol. The van der Waals surface area contributed by atoms with E-state index in [1.807, 2.05) is 42.2 Å². The number of para-hydroxylation sites is 1.